The highest BCUT2D eigenvalue weighted by Crippen LogP contribution is 2.18. The summed E-state index contributed by atoms with van der Waals surface area (Å²) in [5.74, 6) is 1.80. The van der Waals surface area contributed by atoms with Gasteiger partial charge in [-0.15, -0.1) is 24.0 Å². The minimum absolute atomic E-state index is 0. The lowest BCUT2D eigenvalue weighted by Crippen LogP contribution is -2.53. The summed E-state index contributed by atoms with van der Waals surface area (Å²) in [6.07, 6.45) is 6.62. The molecule has 1 aliphatic heterocycles. The molecular formula is C21H28IN7. The highest BCUT2D eigenvalue weighted by atomic mass is 127. The molecule has 0 aliphatic carbocycles. The van der Waals surface area contributed by atoms with Gasteiger partial charge in [-0.25, -0.2) is 9.97 Å². The summed E-state index contributed by atoms with van der Waals surface area (Å²) in [6.45, 7) is 7.38. The van der Waals surface area contributed by atoms with Crippen molar-refractivity contribution in [3.05, 3.63) is 54.5 Å². The number of hydrogen-bond acceptors (Lipinski definition) is 4. The molecule has 0 spiro atoms. The van der Waals surface area contributed by atoms with Gasteiger partial charge < -0.3 is 20.1 Å². The topological polar surface area (TPSA) is 72.4 Å². The van der Waals surface area contributed by atoms with Gasteiger partial charge in [0.2, 0.25) is 5.95 Å². The van der Waals surface area contributed by atoms with E-state index in [2.05, 4.69) is 67.5 Å². The van der Waals surface area contributed by atoms with Crippen molar-refractivity contribution in [1.29, 1.82) is 0 Å². The molecule has 2 N–H and O–H groups in total. The lowest BCUT2D eigenvalue weighted by molar-refractivity contribution is 0.370. The molecule has 8 heteroatoms. The Kier molecular flexibility index (Phi) is 7.68. The quantitative estimate of drug-likeness (QED) is 0.317. The first-order valence-corrected chi connectivity index (χ1v) is 9.95. The molecule has 3 heterocycles. The number of nitrogens with zero attached hydrogens (tertiary/aromatic N) is 5. The van der Waals surface area contributed by atoms with Gasteiger partial charge in [0.25, 0.3) is 0 Å². The van der Waals surface area contributed by atoms with Gasteiger partial charge >= 0.3 is 0 Å². The summed E-state index contributed by atoms with van der Waals surface area (Å²) < 4.78 is 0. The first-order chi connectivity index (χ1) is 13.8. The SMILES string of the molecule is CCNC(=NCCc1c[nH]c2ccccc12)N1CCN(c2ncccn2)CC1.I. The zero-order valence-corrected chi connectivity index (χ0v) is 19.0. The second-order valence-corrected chi connectivity index (χ2v) is 6.87. The number of aromatic nitrogens is 3. The number of rotatable bonds is 5. The van der Waals surface area contributed by atoms with Crippen LogP contribution in [-0.4, -0.2) is 65.1 Å². The highest BCUT2D eigenvalue weighted by molar-refractivity contribution is 14.0. The number of hydrogen-bond donors (Lipinski definition) is 2. The van der Waals surface area contributed by atoms with E-state index in [4.69, 9.17) is 4.99 Å². The maximum absolute atomic E-state index is 4.88. The third-order valence-electron chi connectivity index (χ3n) is 5.07. The molecule has 0 amide bonds. The first-order valence-electron chi connectivity index (χ1n) is 9.95. The van der Waals surface area contributed by atoms with E-state index in [1.807, 2.05) is 6.07 Å². The van der Waals surface area contributed by atoms with Crippen molar-refractivity contribution in [2.75, 3.05) is 44.2 Å². The molecule has 1 aliphatic rings. The minimum Gasteiger partial charge on any atom is -0.361 e. The van der Waals surface area contributed by atoms with Gasteiger partial charge in [-0.1, -0.05) is 18.2 Å². The summed E-state index contributed by atoms with van der Waals surface area (Å²) in [6, 6.07) is 10.3. The van der Waals surface area contributed by atoms with Gasteiger partial charge in [-0.2, -0.15) is 0 Å². The van der Waals surface area contributed by atoms with Crippen LogP contribution in [0.25, 0.3) is 10.9 Å². The van der Waals surface area contributed by atoms with Gasteiger partial charge in [0.05, 0.1) is 0 Å². The second kappa shape index (κ2) is 10.4. The predicted octanol–water partition coefficient (Wildman–Crippen LogP) is 2.91. The van der Waals surface area contributed by atoms with Crippen LogP contribution in [0.3, 0.4) is 0 Å². The fourth-order valence-corrected chi connectivity index (χ4v) is 3.62. The number of para-hydroxylation sites is 1. The summed E-state index contributed by atoms with van der Waals surface area (Å²) in [4.78, 5) is 21.5. The van der Waals surface area contributed by atoms with Crippen LogP contribution in [0, 0.1) is 0 Å². The molecular weight excluding hydrogens is 477 g/mol. The molecule has 0 bridgehead atoms. The van der Waals surface area contributed by atoms with Crippen molar-refractivity contribution < 1.29 is 0 Å². The molecule has 4 rings (SSSR count). The summed E-state index contributed by atoms with van der Waals surface area (Å²) >= 11 is 0. The Morgan fingerprint density at radius 2 is 1.86 bits per heavy atom. The maximum atomic E-state index is 4.88. The number of anilines is 1. The largest absolute Gasteiger partial charge is 0.361 e. The molecule has 0 radical (unpaired) electrons. The Hall–Kier alpha value is -2.36. The van der Waals surface area contributed by atoms with Crippen LogP contribution in [0.4, 0.5) is 5.95 Å². The average Bonchev–Trinajstić information content (AvgIpc) is 3.17. The number of nitrogens with one attached hydrogen (secondary N) is 2. The molecule has 29 heavy (non-hydrogen) atoms. The molecule has 3 aromatic rings. The Bertz CT molecular complexity index is 917. The summed E-state index contributed by atoms with van der Waals surface area (Å²) in [5.41, 5.74) is 2.51. The van der Waals surface area contributed by atoms with Crippen LogP contribution in [0.5, 0.6) is 0 Å². The molecule has 1 aromatic carbocycles. The highest BCUT2D eigenvalue weighted by Gasteiger charge is 2.21. The minimum atomic E-state index is 0. The molecule has 154 valence electrons. The zero-order valence-electron chi connectivity index (χ0n) is 16.7. The van der Waals surface area contributed by atoms with Crippen LogP contribution >= 0.6 is 24.0 Å². The smallest absolute Gasteiger partial charge is 0.225 e. The van der Waals surface area contributed by atoms with E-state index in [1.165, 1.54) is 16.5 Å². The van der Waals surface area contributed by atoms with Crippen molar-refractivity contribution >= 4 is 46.8 Å². The molecule has 0 saturated carbocycles. The molecule has 1 saturated heterocycles. The lowest BCUT2D eigenvalue weighted by atomic mass is 10.1. The third-order valence-corrected chi connectivity index (χ3v) is 5.07. The Labute approximate surface area is 188 Å². The van der Waals surface area contributed by atoms with Gasteiger partial charge in [0.1, 0.15) is 0 Å². The Balaban J connectivity index is 0.00000240. The van der Waals surface area contributed by atoms with Crippen LogP contribution < -0.4 is 10.2 Å². The fraction of sp³-hybridized carbons (Fsp3) is 0.381. The van der Waals surface area contributed by atoms with E-state index in [9.17, 15) is 0 Å². The Morgan fingerprint density at radius 1 is 1.10 bits per heavy atom. The number of halogens is 1. The lowest BCUT2D eigenvalue weighted by Gasteiger charge is -2.36. The normalized spacial score (nSPS) is 14.7. The monoisotopic (exact) mass is 505 g/mol. The fourth-order valence-electron chi connectivity index (χ4n) is 3.62. The van der Waals surface area contributed by atoms with Gasteiger partial charge in [-0.05, 0) is 31.0 Å². The summed E-state index contributed by atoms with van der Waals surface area (Å²) in [7, 11) is 0. The van der Waals surface area contributed by atoms with Gasteiger partial charge in [0.15, 0.2) is 5.96 Å². The molecule has 2 aromatic heterocycles. The van der Waals surface area contributed by atoms with E-state index in [-0.39, 0.29) is 24.0 Å². The van der Waals surface area contributed by atoms with E-state index >= 15 is 0 Å². The number of guanidine groups is 1. The van der Waals surface area contributed by atoms with Crippen LogP contribution in [-0.2, 0) is 6.42 Å². The standard InChI is InChI=1S/C21H27N7.HI/c1-2-22-20(25-11-8-17-16-26-19-7-4-3-6-18(17)19)27-12-14-28(15-13-27)21-23-9-5-10-24-21;/h3-7,9-10,16,26H,2,8,11-15H2,1H3,(H,22,25);1H. The van der Waals surface area contributed by atoms with Crippen molar-refractivity contribution in [3.63, 3.8) is 0 Å². The van der Waals surface area contributed by atoms with E-state index in [0.717, 1.165) is 57.6 Å². The van der Waals surface area contributed by atoms with Crippen molar-refractivity contribution in [2.24, 2.45) is 4.99 Å². The van der Waals surface area contributed by atoms with E-state index in [1.54, 1.807) is 12.4 Å². The molecule has 7 nitrogen and oxygen atoms in total. The van der Waals surface area contributed by atoms with Crippen molar-refractivity contribution in [3.8, 4) is 0 Å². The van der Waals surface area contributed by atoms with Gasteiger partial charge in [-0.3, -0.25) is 4.99 Å². The number of aromatic amines is 1. The van der Waals surface area contributed by atoms with Crippen molar-refractivity contribution in [1.82, 2.24) is 25.2 Å². The van der Waals surface area contributed by atoms with Crippen LogP contribution in [0.1, 0.15) is 12.5 Å². The predicted molar refractivity (Wildman–Crippen MR) is 129 cm³/mol. The second-order valence-electron chi connectivity index (χ2n) is 6.87. The number of piperazine rings is 1. The first kappa shape index (κ1) is 21.4. The maximum Gasteiger partial charge on any atom is 0.225 e. The molecule has 0 unspecified atom stereocenters. The van der Waals surface area contributed by atoms with Crippen LogP contribution in [0.15, 0.2) is 53.9 Å². The number of fused-ring (bicyclic) bond motifs is 1. The van der Waals surface area contributed by atoms with Gasteiger partial charge in [0, 0.05) is 68.8 Å². The number of aliphatic imine (C=N–C) groups is 1. The summed E-state index contributed by atoms with van der Waals surface area (Å²) in [5, 5.41) is 4.73. The average molecular weight is 505 g/mol. The van der Waals surface area contributed by atoms with Crippen molar-refractivity contribution in [2.45, 2.75) is 13.3 Å². The van der Waals surface area contributed by atoms with Crippen LogP contribution in [0.2, 0.25) is 0 Å². The zero-order chi connectivity index (χ0) is 19.2. The Morgan fingerprint density at radius 3 is 2.62 bits per heavy atom. The van der Waals surface area contributed by atoms with E-state index < -0.39 is 0 Å². The number of H-pyrrole nitrogens is 1. The molecule has 1 fully saturated rings. The third kappa shape index (κ3) is 5.17. The number of benzene rings is 1. The molecule has 0 atom stereocenters. The van der Waals surface area contributed by atoms with E-state index in [0.29, 0.717) is 0 Å².